The number of aliphatic carboxylic acids is 1. The Hall–Kier alpha value is -1.84. The van der Waals surface area contributed by atoms with Crippen molar-refractivity contribution in [1.82, 2.24) is 5.32 Å². The number of hydrogen-bond donors (Lipinski definition) is 2. The minimum Gasteiger partial charge on any atom is -0.481 e. The summed E-state index contributed by atoms with van der Waals surface area (Å²) in [5, 5.41) is 11.4. The third kappa shape index (κ3) is 11.4. The fourth-order valence-electron chi connectivity index (χ4n) is 2.51. The van der Waals surface area contributed by atoms with E-state index in [0.717, 1.165) is 25.7 Å². The molecule has 0 radical (unpaired) electrons. The fraction of sp³-hybridized carbons (Fsp3) is 0.579. The normalized spacial score (nSPS) is 10.4. The minimum absolute atomic E-state index is 0.0876. The molecule has 0 fully saturated rings. The molecule has 0 atom stereocenters. The molecule has 0 aliphatic carbocycles. The van der Waals surface area contributed by atoms with E-state index in [1.54, 1.807) is 0 Å². The first kappa shape index (κ1) is 19.2. The number of amides is 1. The standard InChI is InChI=1S/C19H29NO3/c21-18(20-16-10-9-15-19(22)23)14-8-3-1-2-5-11-17-12-6-4-7-13-17/h4,6-7,12-13H,1-3,5,8-11,14-16H2,(H,20,21)(H,22,23). The van der Waals surface area contributed by atoms with E-state index in [-0.39, 0.29) is 12.3 Å². The quantitative estimate of drug-likeness (QED) is 0.541. The van der Waals surface area contributed by atoms with Crippen LogP contribution >= 0.6 is 0 Å². The van der Waals surface area contributed by atoms with Crippen LogP contribution in [-0.2, 0) is 16.0 Å². The number of benzene rings is 1. The molecule has 0 heterocycles. The summed E-state index contributed by atoms with van der Waals surface area (Å²) in [5.74, 6) is -0.687. The second-order valence-corrected chi connectivity index (χ2v) is 5.95. The van der Waals surface area contributed by atoms with Gasteiger partial charge in [0.25, 0.3) is 0 Å². The summed E-state index contributed by atoms with van der Waals surface area (Å²) >= 11 is 0. The van der Waals surface area contributed by atoms with Crippen LogP contribution in [0.2, 0.25) is 0 Å². The van der Waals surface area contributed by atoms with E-state index in [1.807, 2.05) is 6.07 Å². The molecule has 1 amide bonds. The first-order valence-electron chi connectivity index (χ1n) is 8.71. The average Bonchev–Trinajstić information content (AvgIpc) is 2.54. The van der Waals surface area contributed by atoms with Gasteiger partial charge in [-0.3, -0.25) is 9.59 Å². The molecule has 128 valence electrons. The Balaban J connectivity index is 1.86. The molecular weight excluding hydrogens is 290 g/mol. The zero-order chi connectivity index (χ0) is 16.8. The van der Waals surface area contributed by atoms with E-state index >= 15 is 0 Å². The van der Waals surface area contributed by atoms with Gasteiger partial charge in [0.05, 0.1) is 0 Å². The topological polar surface area (TPSA) is 66.4 Å². The molecule has 0 saturated heterocycles. The van der Waals surface area contributed by atoms with Gasteiger partial charge in [0.15, 0.2) is 0 Å². The van der Waals surface area contributed by atoms with Crippen molar-refractivity contribution < 1.29 is 14.7 Å². The first-order chi connectivity index (χ1) is 11.2. The van der Waals surface area contributed by atoms with E-state index in [2.05, 4.69) is 29.6 Å². The summed E-state index contributed by atoms with van der Waals surface area (Å²) in [5.41, 5.74) is 1.40. The van der Waals surface area contributed by atoms with Crippen molar-refractivity contribution in [2.45, 2.75) is 64.2 Å². The van der Waals surface area contributed by atoms with Crippen LogP contribution in [0.5, 0.6) is 0 Å². The minimum atomic E-state index is -0.774. The molecule has 0 saturated carbocycles. The number of aryl methyl sites for hydroxylation is 1. The molecule has 0 aliphatic heterocycles. The van der Waals surface area contributed by atoms with E-state index in [1.165, 1.54) is 24.8 Å². The van der Waals surface area contributed by atoms with Gasteiger partial charge in [-0.1, -0.05) is 49.6 Å². The highest BCUT2D eigenvalue weighted by atomic mass is 16.4. The molecule has 0 aromatic heterocycles. The summed E-state index contributed by atoms with van der Waals surface area (Å²) in [6, 6.07) is 10.5. The van der Waals surface area contributed by atoms with Crippen LogP contribution in [0.1, 0.15) is 63.4 Å². The van der Waals surface area contributed by atoms with Crippen molar-refractivity contribution in [3.8, 4) is 0 Å². The van der Waals surface area contributed by atoms with Gasteiger partial charge in [0.1, 0.15) is 0 Å². The summed E-state index contributed by atoms with van der Waals surface area (Å²) < 4.78 is 0. The molecule has 2 N–H and O–H groups in total. The van der Waals surface area contributed by atoms with Gasteiger partial charge in [-0.25, -0.2) is 0 Å². The molecule has 4 nitrogen and oxygen atoms in total. The Bertz CT molecular complexity index is 445. The lowest BCUT2D eigenvalue weighted by Crippen LogP contribution is -2.24. The number of unbranched alkanes of at least 4 members (excludes halogenated alkanes) is 5. The number of nitrogens with one attached hydrogen (secondary N) is 1. The lowest BCUT2D eigenvalue weighted by molar-refractivity contribution is -0.137. The summed E-state index contributed by atoms with van der Waals surface area (Å²) in [6.07, 6.45) is 8.89. The Morgan fingerprint density at radius 1 is 0.826 bits per heavy atom. The van der Waals surface area contributed by atoms with E-state index in [0.29, 0.717) is 19.4 Å². The molecule has 0 bridgehead atoms. The second kappa shape index (κ2) is 12.7. The molecular formula is C19H29NO3. The number of rotatable bonds is 13. The summed E-state index contributed by atoms with van der Waals surface area (Å²) in [7, 11) is 0. The van der Waals surface area contributed by atoms with Crippen molar-refractivity contribution in [3.05, 3.63) is 35.9 Å². The van der Waals surface area contributed by atoms with Crippen molar-refractivity contribution in [2.75, 3.05) is 6.54 Å². The van der Waals surface area contributed by atoms with Gasteiger partial charge in [0, 0.05) is 19.4 Å². The maximum atomic E-state index is 11.6. The Morgan fingerprint density at radius 2 is 1.48 bits per heavy atom. The molecule has 0 spiro atoms. The van der Waals surface area contributed by atoms with Crippen LogP contribution < -0.4 is 5.32 Å². The van der Waals surface area contributed by atoms with Gasteiger partial charge in [0.2, 0.25) is 5.91 Å². The lowest BCUT2D eigenvalue weighted by Gasteiger charge is -2.05. The largest absolute Gasteiger partial charge is 0.481 e. The Labute approximate surface area is 139 Å². The zero-order valence-corrected chi connectivity index (χ0v) is 13.9. The SMILES string of the molecule is O=C(O)CCCCNC(=O)CCCCCCCc1ccccc1. The zero-order valence-electron chi connectivity index (χ0n) is 13.9. The smallest absolute Gasteiger partial charge is 0.303 e. The van der Waals surface area contributed by atoms with E-state index in [4.69, 9.17) is 5.11 Å². The van der Waals surface area contributed by atoms with Gasteiger partial charge >= 0.3 is 5.97 Å². The van der Waals surface area contributed by atoms with Gasteiger partial charge in [-0.2, -0.15) is 0 Å². The third-order valence-electron chi connectivity index (χ3n) is 3.85. The van der Waals surface area contributed by atoms with Crippen molar-refractivity contribution in [3.63, 3.8) is 0 Å². The highest BCUT2D eigenvalue weighted by molar-refractivity contribution is 5.75. The number of carboxylic acid groups (broad SMARTS) is 1. The van der Waals surface area contributed by atoms with E-state index in [9.17, 15) is 9.59 Å². The predicted octanol–water partition coefficient (Wildman–Crippen LogP) is 3.94. The molecule has 0 aliphatic rings. The maximum absolute atomic E-state index is 11.6. The van der Waals surface area contributed by atoms with Gasteiger partial charge in [-0.15, -0.1) is 0 Å². The molecule has 1 aromatic carbocycles. The second-order valence-electron chi connectivity index (χ2n) is 5.95. The molecule has 23 heavy (non-hydrogen) atoms. The van der Waals surface area contributed by atoms with Gasteiger partial charge < -0.3 is 10.4 Å². The van der Waals surface area contributed by atoms with Crippen LogP contribution in [0.15, 0.2) is 30.3 Å². The highest BCUT2D eigenvalue weighted by Gasteiger charge is 2.01. The van der Waals surface area contributed by atoms with Crippen LogP contribution in [0.25, 0.3) is 0 Å². The van der Waals surface area contributed by atoms with Crippen LogP contribution in [0, 0.1) is 0 Å². The summed E-state index contributed by atoms with van der Waals surface area (Å²) in [4.78, 5) is 21.9. The molecule has 0 unspecified atom stereocenters. The maximum Gasteiger partial charge on any atom is 0.303 e. The third-order valence-corrected chi connectivity index (χ3v) is 3.85. The Kier molecular flexibility index (Phi) is 10.6. The van der Waals surface area contributed by atoms with Crippen molar-refractivity contribution >= 4 is 11.9 Å². The van der Waals surface area contributed by atoms with Crippen molar-refractivity contribution in [2.24, 2.45) is 0 Å². The van der Waals surface area contributed by atoms with Crippen LogP contribution in [0.3, 0.4) is 0 Å². The van der Waals surface area contributed by atoms with E-state index < -0.39 is 5.97 Å². The fourth-order valence-corrected chi connectivity index (χ4v) is 2.51. The number of carbonyl (C=O) groups excluding carboxylic acids is 1. The monoisotopic (exact) mass is 319 g/mol. The lowest BCUT2D eigenvalue weighted by atomic mass is 10.0. The molecule has 1 aromatic rings. The highest BCUT2D eigenvalue weighted by Crippen LogP contribution is 2.09. The first-order valence-corrected chi connectivity index (χ1v) is 8.71. The van der Waals surface area contributed by atoms with Crippen LogP contribution in [-0.4, -0.2) is 23.5 Å². The summed E-state index contributed by atoms with van der Waals surface area (Å²) in [6.45, 7) is 0.586. The number of carboxylic acids is 1. The number of hydrogen-bond acceptors (Lipinski definition) is 2. The predicted molar refractivity (Wildman–Crippen MR) is 92.3 cm³/mol. The average molecular weight is 319 g/mol. The molecule has 1 rings (SSSR count). The Morgan fingerprint density at radius 3 is 2.22 bits per heavy atom. The number of carbonyl (C=O) groups is 2. The molecule has 4 heteroatoms. The van der Waals surface area contributed by atoms with Gasteiger partial charge in [-0.05, 0) is 37.7 Å². The van der Waals surface area contributed by atoms with Crippen molar-refractivity contribution in [1.29, 1.82) is 0 Å². The van der Waals surface area contributed by atoms with Crippen LogP contribution in [0.4, 0.5) is 0 Å².